The third kappa shape index (κ3) is 7.24. The van der Waals surface area contributed by atoms with Crippen molar-refractivity contribution in [3.8, 4) is 0 Å². The molecule has 6 heteroatoms. The maximum Gasteiger partial charge on any atom is 0.331 e. The van der Waals surface area contributed by atoms with E-state index < -0.39 is 35.0 Å². The van der Waals surface area contributed by atoms with Gasteiger partial charge in [0.15, 0.2) is 0 Å². The van der Waals surface area contributed by atoms with Crippen LogP contribution >= 0.6 is 0 Å². The van der Waals surface area contributed by atoms with Gasteiger partial charge in [0, 0.05) is 5.57 Å². The standard InChI is InChI=1S/C15H26O6/c1-9(11(13(18)19)10(2)12(16)17)8-15(6,7)21-20-14(3,4)5/h9,11H,2,8H2,1,3-7H3,(H,16,17)(H,18,19). The van der Waals surface area contributed by atoms with Crippen LogP contribution < -0.4 is 0 Å². The lowest BCUT2D eigenvalue weighted by molar-refractivity contribution is -0.399. The van der Waals surface area contributed by atoms with Crippen LogP contribution in [0.4, 0.5) is 0 Å². The van der Waals surface area contributed by atoms with Crippen LogP contribution in [0.15, 0.2) is 12.2 Å². The number of carboxylic acid groups (broad SMARTS) is 2. The molecule has 21 heavy (non-hydrogen) atoms. The number of hydrogen-bond donors (Lipinski definition) is 2. The largest absolute Gasteiger partial charge is 0.481 e. The highest BCUT2D eigenvalue weighted by Gasteiger charge is 2.36. The summed E-state index contributed by atoms with van der Waals surface area (Å²) in [6.07, 6.45) is 0.312. The van der Waals surface area contributed by atoms with E-state index in [4.69, 9.17) is 14.9 Å². The first-order chi connectivity index (χ1) is 9.27. The molecule has 0 aliphatic carbocycles. The molecule has 0 aromatic rings. The van der Waals surface area contributed by atoms with Crippen molar-refractivity contribution in [1.82, 2.24) is 0 Å². The van der Waals surface area contributed by atoms with Gasteiger partial charge < -0.3 is 10.2 Å². The van der Waals surface area contributed by atoms with E-state index in [0.717, 1.165) is 0 Å². The zero-order valence-corrected chi connectivity index (χ0v) is 13.6. The average molecular weight is 302 g/mol. The number of rotatable bonds is 8. The van der Waals surface area contributed by atoms with Crippen LogP contribution in [0.3, 0.4) is 0 Å². The summed E-state index contributed by atoms with van der Waals surface area (Å²) in [4.78, 5) is 32.9. The maximum atomic E-state index is 11.3. The molecule has 2 atom stereocenters. The van der Waals surface area contributed by atoms with Crippen LogP contribution in [0.5, 0.6) is 0 Å². The molecule has 0 heterocycles. The van der Waals surface area contributed by atoms with Crippen molar-refractivity contribution in [3.05, 3.63) is 12.2 Å². The first-order valence-corrected chi connectivity index (χ1v) is 6.78. The molecule has 0 radical (unpaired) electrons. The van der Waals surface area contributed by atoms with E-state index in [-0.39, 0.29) is 5.57 Å². The molecule has 0 spiro atoms. The molecule has 0 aromatic heterocycles. The lowest BCUT2D eigenvalue weighted by Gasteiger charge is -2.32. The Labute approximate surface area is 125 Å². The van der Waals surface area contributed by atoms with Crippen molar-refractivity contribution in [2.45, 2.75) is 59.2 Å². The fourth-order valence-electron chi connectivity index (χ4n) is 2.03. The summed E-state index contributed by atoms with van der Waals surface area (Å²) in [5.74, 6) is -4.15. The number of carboxylic acids is 2. The van der Waals surface area contributed by atoms with Gasteiger partial charge in [0.2, 0.25) is 0 Å². The number of carbonyl (C=O) groups is 2. The second-order valence-corrected chi connectivity index (χ2v) is 6.87. The summed E-state index contributed by atoms with van der Waals surface area (Å²) >= 11 is 0. The van der Waals surface area contributed by atoms with E-state index in [2.05, 4.69) is 6.58 Å². The fraction of sp³-hybridized carbons (Fsp3) is 0.733. The van der Waals surface area contributed by atoms with E-state index in [9.17, 15) is 14.7 Å². The molecular formula is C15H26O6. The fourth-order valence-corrected chi connectivity index (χ4v) is 2.03. The Kier molecular flexibility index (Phi) is 6.57. The lowest BCUT2D eigenvalue weighted by atomic mass is 9.81. The normalized spacial score (nSPS) is 15.3. The summed E-state index contributed by atoms with van der Waals surface area (Å²) in [6, 6.07) is 0. The molecule has 0 saturated heterocycles. The van der Waals surface area contributed by atoms with E-state index in [1.807, 2.05) is 20.8 Å². The van der Waals surface area contributed by atoms with Crippen molar-refractivity contribution < 1.29 is 29.6 Å². The van der Waals surface area contributed by atoms with Crippen LogP contribution in [0.2, 0.25) is 0 Å². The van der Waals surface area contributed by atoms with Gasteiger partial charge in [0.1, 0.15) is 0 Å². The van der Waals surface area contributed by atoms with Crippen LogP contribution in [-0.4, -0.2) is 33.4 Å². The first kappa shape index (κ1) is 19.6. The second kappa shape index (κ2) is 7.04. The van der Waals surface area contributed by atoms with Crippen molar-refractivity contribution in [3.63, 3.8) is 0 Å². The summed E-state index contributed by atoms with van der Waals surface area (Å²) in [5.41, 5.74) is -1.57. The Bertz CT molecular complexity index is 405. The molecule has 0 bridgehead atoms. The van der Waals surface area contributed by atoms with E-state index in [1.54, 1.807) is 20.8 Å². The van der Waals surface area contributed by atoms with Gasteiger partial charge in [-0.2, -0.15) is 0 Å². The summed E-state index contributed by atoms with van der Waals surface area (Å²) < 4.78 is 0. The predicted octanol–water partition coefficient (Wildman–Crippen LogP) is 2.88. The minimum absolute atomic E-state index is 0.312. The van der Waals surface area contributed by atoms with Crippen LogP contribution in [-0.2, 0) is 19.4 Å². The Morgan fingerprint density at radius 1 is 1.10 bits per heavy atom. The van der Waals surface area contributed by atoms with Gasteiger partial charge in [-0.05, 0) is 47.0 Å². The van der Waals surface area contributed by atoms with Gasteiger partial charge in [-0.1, -0.05) is 13.5 Å². The van der Waals surface area contributed by atoms with Crippen molar-refractivity contribution in [2.24, 2.45) is 11.8 Å². The quantitative estimate of drug-likeness (QED) is 0.407. The zero-order chi connectivity index (χ0) is 17.0. The highest BCUT2D eigenvalue weighted by atomic mass is 17.2. The smallest absolute Gasteiger partial charge is 0.331 e. The second-order valence-electron chi connectivity index (χ2n) is 6.87. The van der Waals surface area contributed by atoms with Gasteiger partial charge in [-0.3, -0.25) is 4.79 Å². The van der Waals surface area contributed by atoms with Crippen LogP contribution in [0.1, 0.15) is 48.0 Å². The molecular weight excluding hydrogens is 276 g/mol. The third-order valence-corrected chi connectivity index (χ3v) is 2.82. The van der Waals surface area contributed by atoms with E-state index in [0.29, 0.717) is 6.42 Å². The van der Waals surface area contributed by atoms with Crippen molar-refractivity contribution in [1.29, 1.82) is 0 Å². The van der Waals surface area contributed by atoms with Gasteiger partial charge in [-0.25, -0.2) is 14.6 Å². The minimum atomic E-state index is -1.31. The Morgan fingerprint density at radius 3 is 1.90 bits per heavy atom. The van der Waals surface area contributed by atoms with Crippen LogP contribution in [0, 0.1) is 11.8 Å². The molecule has 2 unspecified atom stereocenters. The molecule has 0 fully saturated rings. The van der Waals surface area contributed by atoms with Gasteiger partial charge in [-0.15, -0.1) is 0 Å². The Morgan fingerprint density at radius 2 is 1.57 bits per heavy atom. The van der Waals surface area contributed by atoms with E-state index >= 15 is 0 Å². The molecule has 0 aliphatic rings. The van der Waals surface area contributed by atoms with Crippen molar-refractivity contribution in [2.75, 3.05) is 0 Å². The molecule has 122 valence electrons. The lowest BCUT2D eigenvalue weighted by Crippen LogP contribution is -2.36. The Hall–Kier alpha value is -1.40. The molecule has 6 nitrogen and oxygen atoms in total. The van der Waals surface area contributed by atoms with Gasteiger partial charge in [0.05, 0.1) is 17.1 Å². The molecule has 0 saturated carbocycles. The summed E-state index contributed by atoms with van der Waals surface area (Å²) in [7, 11) is 0. The highest BCUT2D eigenvalue weighted by molar-refractivity contribution is 5.93. The molecule has 0 amide bonds. The summed E-state index contributed by atoms with van der Waals surface area (Å²) in [5, 5.41) is 18.2. The number of hydrogen-bond acceptors (Lipinski definition) is 4. The van der Waals surface area contributed by atoms with Gasteiger partial charge >= 0.3 is 11.9 Å². The average Bonchev–Trinajstić information content (AvgIpc) is 2.24. The van der Waals surface area contributed by atoms with Gasteiger partial charge in [0.25, 0.3) is 0 Å². The predicted molar refractivity (Wildman–Crippen MR) is 77.7 cm³/mol. The van der Waals surface area contributed by atoms with Crippen LogP contribution in [0.25, 0.3) is 0 Å². The molecule has 0 aromatic carbocycles. The summed E-state index contributed by atoms with van der Waals surface area (Å²) in [6.45, 7) is 14.0. The minimum Gasteiger partial charge on any atom is -0.481 e. The zero-order valence-electron chi connectivity index (χ0n) is 13.6. The Balaban J connectivity index is 4.89. The third-order valence-electron chi connectivity index (χ3n) is 2.82. The molecule has 2 N–H and O–H groups in total. The first-order valence-electron chi connectivity index (χ1n) is 6.78. The molecule has 0 rings (SSSR count). The maximum absolute atomic E-state index is 11.3. The number of aliphatic carboxylic acids is 2. The monoisotopic (exact) mass is 302 g/mol. The van der Waals surface area contributed by atoms with E-state index in [1.165, 1.54) is 0 Å². The van der Waals surface area contributed by atoms with Crippen molar-refractivity contribution >= 4 is 11.9 Å². The highest BCUT2D eigenvalue weighted by Crippen LogP contribution is 2.30. The SMILES string of the molecule is C=C(C(=O)O)C(C(=O)O)C(C)CC(C)(C)OOC(C)(C)C. The molecule has 0 aliphatic heterocycles. The topological polar surface area (TPSA) is 93.1 Å².